The molecule has 2 N–H and O–H groups in total. The molecule has 0 spiro atoms. The van der Waals surface area contributed by atoms with E-state index < -0.39 is 16.1 Å². The minimum Gasteiger partial charge on any atom is -0.324 e. The lowest BCUT2D eigenvalue weighted by molar-refractivity contribution is -0.119. The molecule has 0 bridgehead atoms. The van der Waals surface area contributed by atoms with Crippen molar-refractivity contribution in [3.05, 3.63) is 71.5 Å². The zero-order valence-electron chi connectivity index (χ0n) is 14.3. The SMILES string of the molecule is CC(C(=O)Nc1cccc(NS(=O)(=O)c2ccccc2Br)c1)n1cccn1. The Bertz CT molecular complexity index is 1050. The normalized spacial score (nSPS) is 12.4. The Morgan fingerprint density at radius 3 is 2.56 bits per heavy atom. The van der Waals surface area contributed by atoms with Gasteiger partial charge in [-0.2, -0.15) is 5.10 Å². The molecule has 1 atom stereocenters. The van der Waals surface area contributed by atoms with E-state index in [9.17, 15) is 13.2 Å². The lowest BCUT2D eigenvalue weighted by Gasteiger charge is -2.14. The van der Waals surface area contributed by atoms with Gasteiger partial charge in [0.25, 0.3) is 10.0 Å². The molecule has 0 saturated heterocycles. The minimum atomic E-state index is -3.76. The second kappa shape index (κ2) is 7.93. The number of carbonyl (C=O) groups excluding carboxylic acids is 1. The van der Waals surface area contributed by atoms with E-state index in [1.807, 2.05) is 0 Å². The Labute approximate surface area is 165 Å². The molecule has 0 aliphatic carbocycles. The molecule has 2 aromatic carbocycles. The van der Waals surface area contributed by atoms with Gasteiger partial charge in [0.1, 0.15) is 10.9 Å². The zero-order valence-corrected chi connectivity index (χ0v) is 16.7. The number of rotatable bonds is 6. The van der Waals surface area contributed by atoms with Crippen LogP contribution in [0.15, 0.2) is 76.4 Å². The predicted octanol–water partition coefficient (Wildman–Crippen LogP) is 3.65. The van der Waals surface area contributed by atoms with Crippen LogP contribution >= 0.6 is 15.9 Å². The van der Waals surface area contributed by atoms with E-state index >= 15 is 0 Å². The van der Waals surface area contributed by atoms with E-state index in [1.165, 1.54) is 10.7 Å². The maximum absolute atomic E-state index is 12.6. The molecule has 1 aromatic heterocycles. The number of benzene rings is 2. The van der Waals surface area contributed by atoms with E-state index in [4.69, 9.17) is 0 Å². The highest BCUT2D eigenvalue weighted by Gasteiger charge is 2.18. The van der Waals surface area contributed by atoms with E-state index in [0.717, 1.165) is 0 Å². The van der Waals surface area contributed by atoms with Gasteiger partial charge in [0.2, 0.25) is 5.91 Å². The van der Waals surface area contributed by atoms with Crippen molar-refractivity contribution in [3.8, 4) is 0 Å². The number of halogens is 1. The number of nitrogens with zero attached hydrogens (tertiary/aromatic N) is 2. The Morgan fingerprint density at radius 2 is 1.85 bits per heavy atom. The number of sulfonamides is 1. The van der Waals surface area contributed by atoms with Crippen molar-refractivity contribution >= 4 is 43.2 Å². The first-order valence-corrected chi connectivity index (χ1v) is 10.3. The molecule has 1 heterocycles. The van der Waals surface area contributed by atoms with Gasteiger partial charge >= 0.3 is 0 Å². The van der Waals surface area contributed by atoms with Gasteiger partial charge in [-0.05, 0) is 59.3 Å². The summed E-state index contributed by atoms with van der Waals surface area (Å²) in [7, 11) is -3.76. The van der Waals surface area contributed by atoms with Crippen molar-refractivity contribution in [1.82, 2.24) is 9.78 Å². The predicted molar refractivity (Wildman–Crippen MR) is 107 cm³/mol. The average Bonchev–Trinajstić information content (AvgIpc) is 3.15. The number of hydrogen-bond acceptors (Lipinski definition) is 4. The molecule has 3 rings (SSSR count). The number of anilines is 2. The average molecular weight is 449 g/mol. The Balaban J connectivity index is 1.76. The van der Waals surface area contributed by atoms with Crippen LogP contribution in [0.1, 0.15) is 13.0 Å². The lowest BCUT2D eigenvalue weighted by atomic mass is 10.2. The molecule has 0 aliphatic rings. The molecule has 0 saturated carbocycles. The molecule has 1 amide bonds. The van der Waals surface area contributed by atoms with Gasteiger partial charge < -0.3 is 5.32 Å². The van der Waals surface area contributed by atoms with Gasteiger partial charge in [-0.25, -0.2) is 8.42 Å². The van der Waals surface area contributed by atoms with Gasteiger partial charge in [0.15, 0.2) is 0 Å². The van der Waals surface area contributed by atoms with Crippen LogP contribution in [0.25, 0.3) is 0 Å². The highest BCUT2D eigenvalue weighted by atomic mass is 79.9. The largest absolute Gasteiger partial charge is 0.324 e. The van der Waals surface area contributed by atoms with E-state index in [0.29, 0.717) is 15.8 Å². The highest BCUT2D eigenvalue weighted by molar-refractivity contribution is 9.10. The van der Waals surface area contributed by atoms with E-state index in [-0.39, 0.29) is 10.8 Å². The number of carbonyl (C=O) groups is 1. The molecule has 27 heavy (non-hydrogen) atoms. The fourth-order valence-electron chi connectivity index (χ4n) is 2.41. The number of hydrogen-bond donors (Lipinski definition) is 2. The summed E-state index contributed by atoms with van der Waals surface area (Å²) in [5.74, 6) is -0.260. The monoisotopic (exact) mass is 448 g/mol. The van der Waals surface area contributed by atoms with Gasteiger partial charge in [0.05, 0.1) is 5.69 Å². The van der Waals surface area contributed by atoms with Gasteiger partial charge in [-0.1, -0.05) is 18.2 Å². The van der Waals surface area contributed by atoms with Crippen LogP contribution in [0, 0.1) is 0 Å². The number of amides is 1. The first kappa shape index (κ1) is 19.1. The first-order valence-electron chi connectivity index (χ1n) is 8.04. The molecule has 140 valence electrons. The molecule has 9 heteroatoms. The summed E-state index contributed by atoms with van der Waals surface area (Å²) in [4.78, 5) is 12.5. The van der Waals surface area contributed by atoms with E-state index in [1.54, 1.807) is 67.8 Å². The van der Waals surface area contributed by atoms with Crippen molar-refractivity contribution in [3.63, 3.8) is 0 Å². The van der Waals surface area contributed by atoms with Crippen LogP contribution in [0.4, 0.5) is 11.4 Å². The summed E-state index contributed by atoms with van der Waals surface area (Å²) in [5, 5.41) is 6.81. The summed E-state index contributed by atoms with van der Waals surface area (Å²) in [6.45, 7) is 1.72. The standard InChI is InChI=1S/C18H17BrN4O3S/c1-13(23-11-5-10-20-23)18(24)21-14-6-4-7-15(12-14)22-27(25,26)17-9-3-2-8-16(17)19/h2-13,22H,1H3,(H,21,24). The lowest BCUT2D eigenvalue weighted by Crippen LogP contribution is -2.24. The summed E-state index contributed by atoms with van der Waals surface area (Å²) in [6, 6.07) is 14.3. The van der Waals surface area contributed by atoms with Crippen LogP contribution < -0.4 is 10.0 Å². The van der Waals surface area contributed by atoms with Crippen LogP contribution in [0.3, 0.4) is 0 Å². The van der Waals surface area contributed by atoms with Crippen molar-refractivity contribution in [2.45, 2.75) is 17.9 Å². The minimum absolute atomic E-state index is 0.131. The third-order valence-corrected chi connectivity index (χ3v) is 6.20. The van der Waals surface area contributed by atoms with Gasteiger partial charge in [-0.15, -0.1) is 0 Å². The Morgan fingerprint density at radius 1 is 1.11 bits per heavy atom. The van der Waals surface area contributed by atoms with Crippen LogP contribution in [0.2, 0.25) is 0 Å². The molecule has 1 unspecified atom stereocenters. The Hall–Kier alpha value is -2.65. The summed E-state index contributed by atoms with van der Waals surface area (Å²) in [5.41, 5.74) is 0.821. The van der Waals surface area contributed by atoms with Crippen molar-refractivity contribution in [2.24, 2.45) is 0 Å². The van der Waals surface area contributed by atoms with Gasteiger partial charge in [-0.3, -0.25) is 14.2 Å². The first-order chi connectivity index (χ1) is 12.9. The molecule has 7 nitrogen and oxygen atoms in total. The second-order valence-electron chi connectivity index (χ2n) is 5.77. The van der Waals surface area contributed by atoms with Crippen molar-refractivity contribution < 1.29 is 13.2 Å². The summed E-state index contributed by atoms with van der Waals surface area (Å²) < 4.78 is 29.7. The number of nitrogens with one attached hydrogen (secondary N) is 2. The zero-order chi connectivity index (χ0) is 19.4. The highest BCUT2D eigenvalue weighted by Crippen LogP contribution is 2.25. The van der Waals surface area contributed by atoms with E-state index in [2.05, 4.69) is 31.1 Å². The maximum atomic E-state index is 12.6. The second-order valence-corrected chi connectivity index (χ2v) is 8.27. The Kier molecular flexibility index (Phi) is 5.62. The molecule has 3 aromatic rings. The third-order valence-electron chi connectivity index (χ3n) is 3.81. The topological polar surface area (TPSA) is 93.1 Å². The van der Waals surface area contributed by atoms with Crippen LogP contribution in [-0.2, 0) is 14.8 Å². The fourth-order valence-corrected chi connectivity index (χ4v) is 4.46. The van der Waals surface area contributed by atoms with Gasteiger partial charge in [0, 0.05) is 22.6 Å². The quantitative estimate of drug-likeness (QED) is 0.601. The fraction of sp³-hybridized carbons (Fsp3) is 0.111. The summed E-state index contributed by atoms with van der Waals surface area (Å²) in [6.07, 6.45) is 3.30. The van der Waals surface area contributed by atoms with Crippen LogP contribution in [0.5, 0.6) is 0 Å². The van der Waals surface area contributed by atoms with Crippen LogP contribution in [-0.4, -0.2) is 24.1 Å². The molecule has 0 radical (unpaired) electrons. The molecular formula is C18H17BrN4O3S. The maximum Gasteiger partial charge on any atom is 0.263 e. The third kappa shape index (κ3) is 4.55. The molecular weight excluding hydrogens is 432 g/mol. The van der Waals surface area contributed by atoms with Crippen molar-refractivity contribution in [2.75, 3.05) is 10.0 Å². The molecule has 0 fully saturated rings. The smallest absolute Gasteiger partial charge is 0.263 e. The van der Waals surface area contributed by atoms with Crippen molar-refractivity contribution in [1.29, 1.82) is 0 Å². The molecule has 0 aliphatic heterocycles. The summed E-state index contributed by atoms with van der Waals surface area (Å²) >= 11 is 3.24. The number of aromatic nitrogens is 2.